The van der Waals surface area contributed by atoms with Crippen molar-refractivity contribution in [3.05, 3.63) is 40.7 Å². The number of amides is 1. The van der Waals surface area contributed by atoms with E-state index in [1.165, 1.54) is 6.07 Å². The summed E-state index contributed by atoms with van der Waals surface area (Å²) in [5.41, 5.74) is 1.57. The Morgan fingerprint density at radius 2 is 1.96 bits per heavy atom. The highest BCUT2D eigenvalue weighted by atomic mass is 35.5. The van der Waals surface area contributed by atoms with Crippen LogP contribution in [0, 0.1) is 0 Å². The standard InChI is InChI=1S/C16H18F3N5O.2ClH/c1-24(2)13-4-3-9(16(17,18)19)7-12(13)21-15(25)14-10-8-20-6-5-11(10)22-23-14;;/h3-4,7,20H,5-6,8H2,1-2H3,(H,21,25)(H,22,23);2*1H. The number of alkyl halides is 3. The van der Waals surface area contributed by atoms with E-state index in [4.69, 9.17) is 0 Å². The van der Waals surface area contributed by atoms with Crippen molar-refractivity contribution < 1.29 is 18.0 Å². The topological polar surface area (TPSA) is 73.0 Å². The molecule has 0 fully saturated rings. The highest BCUT2D eigenvalue weighted by molar-refractivity contribution is 6.05. The van der Waals surface area contributed by atoms with Crippen LogP contribution < -0.4 is 15.5 Å². The summed E-state index contributed by atoms with van der Waals surface area (Å²) in [6, 6.07) is 3.26. The molecule has 0 atom stereocenters. The molecule has 1 aromatic carbocycles. The highest BCUT2D eigenvalue weighted by Crippen LogP contribution is 2.35. The number of carbonyl (C=O) groups excluding carboxylic acids is 1. The Hall–Kier alpha value is -1.97. The molecule has 3 rings (SSSR count). The molecule has 1 aromatic heterocycles. The summed E-state index contributed by atoms with van der Waals surface area (Å²) in [5.74, 6) is -0.538. The summed E-state index contributed by atoms with van der Waals surface area (Å²) in [6.07, 6.45) is -3.76. The predicted octanol–water partition coefficient (Wildman–Crippen LogP) is 3.24. The molecule has 27 heavy (non-hydrogen) atoms. The Balaban J connectivity index is 0.00000182. The number of H-pyrrole nitrogens is 1. The minimum atomic E-state index is -4.49. The Labute approximate surface area is 166 Å². The molecule has 1 aliphatic heterocycles. The Bertz CT molecular complexity index is 808. The number of nitrogens with zero attached hydrogens (tertiary/aromatic N) is 2. The maximum absolute atomic E-state index is 13.0. The number of nitrogens with one attached hydrogen (secondary N) is 3. The molecular weight excluding hydrogens is 406 g/mol. The fraction of sp³-hybridized carbons (Fsp3) is 0.375. The average molecular weight is 426 g/mol. The highest BCUT2D eigenvalue weighted by Gasteiger charge is 2.31. The average Bonchev–Trinajstić information content (AvgIpc) is 2.97. The minimum absolute atomic E-state index is 0. The van der Waals surface area contributed by atoms with Crippen LogP contribution in [0.1, 0.15) is 27.3 Å². The number of rotatable bonds is 3. The van der Waals surface area contributed by atoms with Crippen LogP contribution in [0.2, 0.25) is 0 Å². The van der Waals surface area contributed by atoms with E-state index < -0.39 is 17.6 Å². The van der Waals surface area contributed by atoms with Gasteiger partial charge in [0.2, 0.25) is 0 Å². The number of hydrogen-bond acceptors (Lipinski definition) is 4. The van der Waals surface area contributed by atoms with Crippen LogP contribution >= 0.6 is 24.8 Å². The molecule has 0 bridgehead atoms. The van der Waals surface area contributed by atoms with Gasteiger partial charge in [-0.1, -0.05) is 0 Å². The van der Waals surface area contributed by atoms with Gasteiger partial charge in [-0.2, -0.15) is 18.3 Å². The molecule has 0 aliphatic carbocycles. The second-order valence-electron chi connectivity index (χ2n) is 6.03. The van der Waals surface area contributed by atoms with Crippen molar-refractivity contribution in [2.45, 2.75) is 19.1 Å². The van der Waals surface area contributed by atoms with Crippen molar-refractivity contribution in [3.8, 4) is 0 Å². The van der Waals surface area contributed by atoms with Gasteiger partial charge in [0.25, 0.3) is 5.91 Å². The number of aromatic amines is 1. The SMILES string of the molecule is CN(C)c1ccc(C(F)(F)F)cc1NC(=O)c1n[nH]c2c1CNCC2.Cl.Cl. The van der Waals surface area contributed by atoms with E-state index in [0.717, 1.165) is 36.4 Å². The molecule has 0 saturated heterocycles. The van der Waals surface area contributed by atoms with Crippen LogP contribution in [-0.4, -0.2) is 36.7 Å². The van der Waals surface area contributed by atoms with E-state index in [0.29, 0.717) is 12.2 Å². The summed E-state index contributed by atoms with van der Waals surface area (Å²) in [4.78, 5) is 14.2. The third-order valence-electron chi connectivity index (χ3n) is 4.08. The van der Waals surface area contributed by atoms with Gasteiger partial charge >= 0.3 is 6.18 Å². The smallest absolute Gasteiger partial charge is 0.376 e. The van der Waals surface area contributed by atoms with Crippen molar-refractivity contribution in [1.29, 1.82) is 0 Å². The normalized spacial score (nSPS) is 13.1. The number of hydrogen-bond donors (Lipinski definition) is 3. The van der Waals surface area contributed by atoms with Gasteiger partial charge in [0.1, 0.15) is 0 Å². The zero-order chi connectivity index (χ0) is 18.2. The zero-order valence-electron chi connectivity index (χ0n) is 14.6. The van der Waals surface area contributed by atoms with Gasteiger partial charge in [0.15, 0.2) is 5.69 Å². The summed E-state index contributed by atoms with van der Waals surface area (Å²) in [7, 11) is 3.39. The van der Waals surface area contributed by atoms with Crippen LogP contribution in [0.5, 0.6) is 0 Å². The third-order valence-corrected chi connectivity index (χ3v) is 4.08. The van der Waals surface area contributed by atoms with Gasteiger partial charge in [-0.3, -0.25) is 9.89 Å². The molecule has 1 amide bonds. The number of halogens is 5. The second kappa shape index (κ2) is 8.81. The van der Waals surface area contributed by atoms with Crippen molar-refractivity contribution in [3.63, 3.8) is 0 Å². The molecule has 0 unspecified atom stereocenters. The second-order valence-corrected chi connectivity index (χ2v) is 6.03. The number of aromatic nitrogens is 2. The van der Waals surface area contributed by atoms with E-state index in [1.54, 1.807) is 19.0 Å². The van der Waals surface area contributed by atoms with Gasteiger partial charge in [-0.15, -0.1) is 24.8 Å². The third kappa shape index (κ3) is 4.85. The maximum Gasteiger partial charge on any atom is 0.416 e. The quantitative estimate of drug-likeness (QED) is 0.705. The fourth-order valence-corrected chi connectivity index (χ4v) is 2.80. The lowest BCUT2D eigenvalue weighted by Crippen LogP contribution is -2.25. The van der Waals surface area contributed by atoms with Crippen LogP contribution in [0.25, 0.3) is 0 Å². The van der Waals surface area contributed by atoms with Crippen LogP contribution in [-0.2, 0) is 19.1 Å². The summed E-state index contributed by atoms with van der Waals surface area (Å²) in [6.45, 7) is 1.28. The molecule has 11 heteroatoms. The van der Waals surface area contributed by atoms with Crippen molar-refractivity contribution in [2.24, 2.45) is 0 Å². The lowest BCUT2D eigenvalue weighted by Gasteiger charge is -2.20. The molecule has 1 aliphatic rings. The molecule has 150 valence electrons. The van der Waals surface area contributed by atoms with Crippen molar-refractivity contribution >= 4 is 42.1 Å². The van der Waals surface area contributed by atoms with E-state index in [1.807, 2.05) is 0 Å². The van der Waals surface area contributed by atoms with E-state index in [2.05, 4.69) is 20.8 Å². The zero-order valence-corrected chi connectivity index (χ0v) is 16.2. The van der Waals surface area contributed by atoms with Crippen LogP contribution in [0.15, 0.2) is 18.2 Å². The number of fused-ring (bicyclic) bond motifs is 1. The first-order valence-corrected chi connectivity index (χ1v) is 7.74. The van der Waals surface area contributed by atoms with E-state index in [9.17, 15) is 18.0 Å². The van der Waals surface area contributed by atoms with Crippen molar-refractivity contribution in [2.75, 3.05) is 30.9 Å². The lowest BCUT2D eigenvalue weighted by atomic mass is 10.1. The van der Waals surface area contributed by atoms with Gasteiger partial charge in [0.05, 0.1) is 16.9 Å². The Morgan fingerprint density at radius 1 is 1.26 bits per heavy atom. The summed E-state index contributed by atoms with van der Waals surface area (Å²) in [5, 5.41) is 12.6. The summed E-state index contributed by atoms with van der Waals surface area (Å²) >= 11 is 0. The molecule has 2 heterocycles. The number of anilines is 2. The van der Waals surface area contributed by atoms with Gasteiger partial charge in [0, 0.05) is 44.9 Å². The van der Waals surface area contributed by atoms with Crippen LogP contribution in [0.3, 0.4) is 0 Å². The largest absolute Gasteiger partial charge is 0.416 e. The van der Waals surface area contributed by atoms with E-state index >= 15 is 0 Å². The molecule has 0 spiro atoms. The fourth-order valence-electron chi connectivity index (χ4n) is 2.80. The van der Waals surface area contributed by atoms with Crippen molar-refractivity contribution in [1.82, 2.24) is 15.5 Å². The molecule has 0 radical (unpaired) electrons. The Morgan fingerprint density at radius 3 is 2.59 bits per heavy atom. The molecule has 3 N–H and O–H groups in total. The van der Waals surface area contributed by atoms with Gasteiger partial charge in [-0.25, -0.2) is 0 Å². The predicted molar refractivity (Wildman–Crippen MR) is 102 cm³/mol. The van der Waals surface area contributed by atoms with Gasteiger partial charge in [-0.05, 0) is 18.2 Å². The molecule has 0 saturated carbocycles. The molecule has 6 nitrogen and oxygen atoms in total. The maximum atomic E-state index is 13.0. The first-order chi connectivity index (χ1) is 11.8. The van der Waals surface area contributed by atoms with Crippen LogP contribution in [0.4, 0.5) is 24.5 Å². The lowest BCUT2D eigenvalue weighted by molar-refractivity contribution is -0.137. The first-order valence-electron chi connectivity index (χ1n) is 7.74. The Kier molecular flexibility index (Phi) is 7.53. The molecular formula is C16H20Cl2F3N5O. The number of carbonyl (C=O) groups is 1. The summed E-state index contributed by atoms with van der Waals surface area (Å²) < 4.78 is 39.0. The first kappa shape index (κ1) is 23.1. The van der Waals surface area contributed by atoms with E-state index in [-0.39, 0.29) is 36.2 Å². The minimum Gasteiger partial charge on any atom is -0.376 e. The number of benzene rings is 1. The molecule has 2 aromatic rings. The van der Waals surface area contributed by atoms with Gasteiger partial charge < -0.3 is 15.5 Å². The monoisotopic (exact) mass is 425 g/mol.